The van der Waals surface area contributed by atoms with Crippen molar-refractivity contribution in [3.05, 3.63) is 41.2 Å². The molecular formula is C15H16F2N4O. The van der Waals surface area contributed by atoms with Gasteiger partial charge >= 0.3 is 0 Å². The lowest BCUT2D eigenvalue weighted by molar-refractivity contribution is -0.118. The number of aromatic amines is 1. The predicted octanol–water partition coefficient (Wildman–Crippen LogP) is 2.39. The number of nitrogens with zero attached hydrogens (tertiary/aromatic N) is 3. The molecular weight excluding hydrogens is 290 g/mol. The monoisotopic (exact) mass is 306 g/mol. The van der Waals surface area contributed by atoms with Crippen molar-refractivity contribution in [1.82, 2.24) is 15.4 Å². The summed E-state index contributed by atoms with van der Waals surface area (Å²) >= 11 is 0. The van der Waals surface area contributed by atoms with Gasteiger partial charge < -0.3 is 4.90 Å². The maximum Gasteiger partial charge on any atom is 0.226 e. The van der Waals surface area contributed by atoms with Gasteiger partial charge in [0.15, 0.2) is 0 Å². The molecule has 1 aromatic carbocycles. The lowest BCUT2D eigenvalue weighted by Crippen LogP contribution is -2.28. The van der Waals surface area contributed by atoms with Crippen molar-refractivity contribution < 1.29 is 13.6 Å². The summed E-state index contributed by atoms with van der Waals surface area (Å²) in [4.78, 5) is 13.7. The standard InChI is InChI=1S/C15H16F2N4O/c16-10-7-13(17)12-5-6-21(14(12)8-10)15(22)4-2-1-3-11-9-18-20-19-11/h7-9H,1-6H2,(H,18,19,20). The van der Waals surface area contributed by atoms with Gasteiger partial charge in [-0.25, -0.2) is 8.78 Å². The number of nitrogens with one attached hydrogen (secondary N) is 1. The average molecular weight is 306 g/mol. The fraction of sp³-hybridized carbons (Fsp3) is 0.400. The molecule has 1 amide bonds. The van der Waals surface area contributed by atoms with E-state index in [1.165, 1.54) is 11.0 Å². The highest BCUT2D eigenvalue weighted by Crippen LogP contribution is 2.31. The molecule has 2 aromatic rings. The first kappa shape index (κ1) is 14.6. The van der Waals surface area contributed by atoms with Crippen LogP contribution < -0.4 is 4.90 Å². The van der Waals surface area contributed by atoms with Crippen LogP contribution >= 0.6 is 0 Å². The third-order valence-corrected chi connectivity index (χ3v) is 3.85. The van der Waals surface area contributed by atoms with E-state index in [4.69, 9.17) is 0 Å². The van der Waals surface area contributed by atoms with Crippen molar-refractivity contribution in [2.75, 3.05) is 11.4 Å². The van der Waals surface area contributed by atoms with E-state index in [2.05, 4.69) is 15.4 Å². The van der Waals surface area contributed by atoms with Crippen LogP contribution in [-0.2, 0) is 17.6 Å². The molecule has 0 spiro atoms. The number of amides is 1. The molecule has 7 heteroatoms. The van der Waals surface area contributed by atoms with E-state index in [0.29, 0.717) is 37.1 Å². The zero-order valence-corrected chi connectivity index (χ0v) is 12.0. The maximum atomic E-state index is 13.7. The molecule has 3 rings (SSSR count). The smallest absolute Gasteiger partial charge is 0.226 e. The Morgan fingerprint density at radius 2 is 2.18 bits per heavy atom. The highest BCUT2D eigenvalue weighted by atomic mass is 19.1. The first-order valence-corrected chi connectivity index (χ1v) is 7.28. The summed E-state index contributed by atoms with van der Waals surface area (Å²) in [6.07, 6.45) is 4.72. The Hall–Kier alpha value is -2.31. The largest absolute Gasteiger partial charge is 0.312 e. The van der Waals surface area contributed by atoms with Crippen LogP contribution in [0.3, 0.4) is 0 Å². The molecule has 1 aromatic heterocycles. The quantitative estimate of drug-likeness (QED) is 0.863. The highest BCUT2D eigenvalue weighted by Gasteiger charge is 2.27. The molecule has 0 fully saturated rings. The second-order valence-corrected chi connectivity index (χ2v) is 5.35. The minimum atomic E-state index is -0.651. The van der Waals surface area contributed by atoms with Crippen LogP contribution in [0.15, 0.2) is 18.3 Å². The van der Waals surface area contributed by atoms with Gasteiger partial charge in [-0.2, -0.15) is 15.4 Å². The first-order chi connectivity index (χ1) is 10.6. The Morgan fingerprint density at radius 1 is 1.32 bits per heavy atom. The van der Waals surface area contributed by atoms with Crippen LogP contribution in [0, 0.1) is 11.6 Å². The number of anilines is 1. The number of unbranched alkanes of at least 4 members (excludes halogenated alkanes) is 1. The van der Waals surface area contributed by atoms with Crippen molar-refractivity contribution in [3.63, 3.8) is 0 Å². The van der Waals surface area contributed by atoms with Gasteiger partial charge in [-0.3, -0.25) is 4.79 Å². The van der Waals surface area contributed by atoms with Gasteiger partial charge in [0.2, 0.25) is 5.91 Å². The van der Waals surface area contributed by atoms with E-state index < -0.39 is 11.6 Å². The van der Waals surface area contributed by atoms with Crippen molar-refractivity contribution in [3.8, 4) is 0 Å². The van der Waals surface area contributed by atoms with E-state index in [9.17, 15) is 13.6 Å². The van der Waals surface area contributed by atoms with Crippen LogP contribution in [-0.4, -0.2) is 27.9 Å². The predicted molar refractivity (Wildman–Crippen MR) is 76.4 cm³/mol. The Balaban J connectivity index is 1.56. The normalized spacial score (nSPS) is 13.5. The number of rotatable bonds is 5. The Labute approximate surface area is 126 Å². The van der Waals surface area contributed by atoms with Gasteiger partial charge in [-0.05, 0) is 31.7 Å². The number of H-pyrrole nitrogens is 1. The van der Waals surface area contributed by atoms with Crippen molar-refractivity contribution >= 4 is 11.6 Å². The molecule has 2 heterocycles. The average Bonchev–Trinajstić information content (AvgIpc) is 3.12. The van der Waals surface area contributed by atoms with Crippen LogP contribution in [0.4, 0.5) is 14.5 Å². The minimum Gasteiger partial charge on any atom is -0.312 e. The van der Waals surface area contributed by atoms with Crippen LogP contribution in [0.1, 0.15) is 30.5 Å². The van der Waals surface area contributed by atoms with Gasteiger partial charge in [0.1, 0.15) is 11.6 Å². The summed E-state index contributed by atoms with van der Waals surface area (Å²) in [6.45, 7) is 0.415. The molecule has 1 aliphatic heterocycles. The number of aromatic nitrogens is 3. The molecule has 0 saturated heterocycles. The number of aryl methyl sites for hydroxylation is 1. The Morgan fingerprint density at radius 3 is 2.95 bits per heavy atom. The van der Waals surface area contributed by atoms with E-state index in [-0.39, 0.29) is 5.91 Å². The van der Waals surface area contributed by atoms with Gasteiger partial charge in [0.25, 0.3) is 0 Å². The molecule has 0 aliphatic carbocycles. The summed E-state index contributed by atoms with van der Waals surface area (Å²) in [5, 5.41) is 10.2. The fourth-order valence-corrected chi connectivity index (χ4v) is 2.74. The van der Waals surface area contributed by atoms with Gasteiger partial charge in [0.05, 0.1) is 17.6 Å². The number of fused-ring (bicyclic) bond motifs is 1. The number of carbonyl (C=O) groups excluding carboxylic acids is 1. The van der Waals surface area contributed by atoms with Crippen LogP contribution in [0.25, 0.3) is 0 Å². The van der Waals surface area contributed by atoms with E-state index in [1.54, 1.807) is 6.20 Å². The third-order valence-electron chi connectivity index (χ3n) is 3.85. The second kappa shape index (κ2) is 6.21. The summed E-state index contributed by atoms with van der Waals surface area (Å²) in [7, 11) is 0. The fourth-order valence-electron chi connectivity index (χ4n) is 2.74. The summed E-state index contributed by atoms with van der Waals surface area (Å²) in [5.41, 5.74) is 1.67. The molecule has 0 atom stereocenters. The summed E-state index contributed by atoms with van der Waals surface area (Å²) in [6, 6.07) is 2.10. The lowest BCUT2D eigenvalue weighted by atomic mass is 10.1. The number of hydrogen-bond donors (Lipinski definition) is 1. The molecule has 1 aliphatic rings. The third kappa shape index (κ3) is 2.98. The molecule has 116 valence electrons. The maximum absolute atomic E-state index is 13.7. The number of hydrogen-bond acceptors (Lipinski definition) is 3. The minimum absolute atomic E-state index is 0.0936. The van der Waals surface area contributed by atoms with Gasteiger partial charge in [0, 0.05) is 24.6 Å². The molecule has 0 radical (unpaired) electrons. The number of carbonyl (C=O) groups is 1. The molecule has 0 unspecified atom stereocenters. The zero-order chi connectivity index (χ0) is 15.5. The van der Waals surface area contributed by atoms with Crippen LogP contribution in [0.5, 0.6) is 0 Å². The van der Waals surface area contributed by atoms with E-state index in [1.807, 2.05) is 0 Å². The molecule has 22 heavy (non-hydrogen) atoms. The Bertz CT molecular complexity index is 672. The van der Waals surface area contributed by atoms with Crippen molar-refractivity contribution in [2.24, 2.45) is 0 Å². The summed E-state index contributed by atoms with van der Waals surface area (Å²) < 4.78 is 27.0. The van der Waals surface area contributed by atoms with Gasteiger partial charge in [-0.1, -0.05) is 0 Å². The molecule has 0 saturated carbocycles. The van der Waals surface area contributed by atoms with Crippen molar-refractivity contribution in [2.45, 2.75) is 32.1 Å². The molecule has 0 bridgehead atoms. The van der Waals surface area contributed by atoms with Crippen molar-refractivity contribution in [1.29, 1.82) is 0 Å². The number of benzene rings is 1. The van der Waals surface area contributed by atoms with E-state index in [0.717, 1.165) is 24.6 Å². The van der Waals surface area contributed by atoms with E-state index >= 15 is 0 Å². The zero-order valence-electron chi connectivity index (χ0n) is 12.0. The molecule has 1 N–H and O–H groups in total. The lowest BCUT2D eigenvalue weighted by Gasteiger charge is -2.17. The number of halogens is 2. The molecule has 5 nitrogen and oxygen atoms in total. The summed E-state index contributed by atoms with van der Waals surface area (Å²) in [5.74, 6) is -1.32. The Kier molecular flexibility index (Phi) is 4.13. The second-order valence-electron chi connectivity index (χ2n) is 5.35. The topological polar surface area (TPSA) is 61.9 Å². The first-order valence-electron chi connectivity index (χ1n) is 7.28. The highest BCUT2D eigenvalue weighted by molar-refractivity contribution is 5.95. The SMILES string of the molecule is O=C(CCCCc1cn[nH]n1)N1CCc2c(F)cc(F)cc21. The van der Waals surface area contributed by atoms with Crippen LogP contribution in [0.2, 0.25) is 0 Å². The van der Waals surface area contributed by atoms with Gasteiger partial charge in [-0.15, -0.1) is 0 Å².